The number of amides is 2. The largest absolute Gasteiger partial charge is 0.326 e. The molecule has 0 aliphatic carbocycles. The average Bonchev–Trinajstić information content (AvgIpc) is 3.04. The normalized spacial score (nSPS) is 10.7. The topological polar surface area (TPSA) is 88.9 Å². The highest BCUT2D eigenvalue weighted by molar-refractivity contribution is 7.99. The van der Waals surface area contributed by atoms with E-state index < -0.39 is 0 Å². The van der Waals surface area contributed by atoms with Gasteiger partial charge in [0.05, 0.1) is 12.2 Å². The minimum atomic E-state index is -0.211. The summed E-state index contributed by atoms with van der Waals surface area (Å²) in [5.74, 6) is 0.360. The zero-order valence-corrected chi connectivity index (χ0v) is 18.5. The molecule has 0 radical (unpaired) electrons. The van der Waals surface area contributed by atoms with E-state index >= 15 is 0 Å². The number of aryl methyl sites for hydroxylation is 2. The summed E-state index contributed by atoms with van der Waals surface area (Å²) in [7, 11) is 1.77. The van der Waals surface area contributed by atoms with Gasteiger partial charge in [0.2, 0.25) is 11.8 Å². The number of nitrogens with one attached hydrogen (secondary N) is 2. The van der Waals surface area contributed by atoms with Gasteiger partial charge < -0.3 is 15.2 Å². The third-order valence-electron chi connectivity index (χ3n) is 4.49. The van der Waals surface area contributed by atoms with Crippen molar-refractivity contribution in [2.45, 2.75) is 25.4 Å². The number of rotatable bonds is 7. The fourth-order valence-electron chi connectivity index (χ4n) is 2.65. The van der Waals surface area contributed by atoms with Crippen molar-refractivity contribution in [3.8, 4) is 0 Å². The first-order valence-corrected chi connectivity index (χ1v) is 10.6. The van der Waals surface area contributed by atoms with Gasteiger partial charge >= 0.3 is 0 Å². The van der Waals surface area contributed by atoms with Gasteiger partial charge in [-0.15, -0.1) is 10.2 Å². The maximum atomic E-state index is 12.3. The first-order valence-electron chi connectivity index (χ1n) is 9.25. The fourth-order valence-corrected chi connectivity index (χ4v) is 3.51. The van der Waals surface area contributed by atoms with Crippen LogP contribution in [0.15, 0.2) is 47.6 Å². The first kappa shape index (κ1) is 21.9. The maximum Gasteiger partial charge on any atom is 0.234 e. The molecule has 0 aliphatic rings. The van der Waals surface area contributed by atoms with Crippen molar-refractivity contribution < 1.29 is 9.59 Å². The number of halogens is 1. The molecule has 2 N–H and O–H groups in total. The van der Waals surface area contributed by atoms with Crippen LogP contribution in [0.2, 0.25) is 5.02 Å². The summed E-state index contributed by atoms with van der Waals surface area (Å²) in [4.78, 5) is 24.5. The van der Waals surface area contributed by atoms with Crippen molar-refractivity contribution in [2.24, 2.45) is 7.05 Å². The van der Waals surface area contributed by atoms with Crippen LogP contribution in [0.5, 0.6) is 0 Å². The molecule has 0 bridgehead atoms. The molecule has 2 amide bonds. The number of thioether (sulfide) groups is 1. The molecule has 30 heavy (non-hydrogen) atoms. The second kappa shape index (κ2) is 9.77. The lowest BCUT2D eigenvalue weighted by Gasteiger charge is -2.08. The quantitative estimate of drug-likeness (QED) is 0.539. The molecule has 9 heteroatoms. The van der Waals surface area contributed by atoms with Crippen LogP contribution < -0.4 is 10.6 Å². The highest BCUT2D eigenvalue weighted by Crippen LogP contribution is 2.19. The van der Waals surface area contributed by atoms with E-state index in [0.29, 0.717) is 21.7 Å². The van der Waals surface area contributed by atoms with Crippen molar-refractivity contribution in [3.05, 3.63) is 64.4 Å². The van der Waals surface area contributed by atoms with Crippen LogP contribution in [0.4, 0.5) is 11.4 Å². The van der Waals surface area contributed by atoms with Gasteiger partial charge in [0, 0.05) is 23.4 Å². The summed E-state index contributed by atoms with van der Waals surface area (Å²) in [6, 6.07) is 12.7. The fraction of sp³-hybridized carbons (Fsp3) is 0.238. The summed E-state index contributed by atoms with van der Waals surface area (Å²) < 4.78 is 1.72. The number of carbonyl (C=O) groups is 2. The van der Waals surface area contributed by atoms with E-state index in [-0.39, 0.29) is 24.0 Å². The molecule has 7 nitrogen and oxygen atoms in total. The third-order valence-corrected chi connectivity index (χ3v) is 5.77. The molecule has 1 heterocycles. The van der Waals surface area contributed by atoms with Crippen LogP contribution in [0.1, 0.15) is 17.0 Å². The lowest BCUT2D eigenvalue weighted by atomic mass is 10.1. The molecule has 0 saturated carbocycles. The Morgan fingerprint density at radius 2 is 1.63 bits per heavy atom. The van der Waals surface area contributed by atoms with Gasteiger partial charge in [-0.2, -0.15) is 0 Å². The minimum absolute atomic E-state index is 0.0710. The third kappa shape index (κ3) is 5.84. The van der Waals surface area contributed by atoms with Crippen LogP contribution >= 0.6 is 23.4 Å². The highest BCUT2D eigenvalue weighted by Gasteiger charge is 2.15. The Bertz CT molecular complexity index is 1070. The Balaban J connectivity index is 1.53. The molecule has 0 aliphatic heterocycles. The second-order valence-electron chi connectivity index (χ2n) is 6.83. The number of benzene rings is 2. The van der Waals surface area contributed by atoms with Gasteiger partial charge in [0.25, 0.3) is 0 Å². The molecule has 0 atom stereocenters. The van der Waals surface area contributed by atoms with E-state index in [0.717, 1.165) is 11.3 Å². The van der Waals surface area contributed by atoms with E-state index in [4.69, 9.17) is 11.6 Å². The Kier molecular flexibility index (Phi) is 7.12. The number of carbonyl (C=O) groups excluding carboxylic acids is 2. The van der Waals surface area contributed by atoms with Crippen molar-refractivity contribution >= 4 is 46.6 Å². The maximum absolute atomic E-state index is 12.3. The molecule has 3 aromatic rings. The molecule has 0 spiro atoms. The summed E-state index contributed by atoms with van der Waals surface area (Å²) in [6.07, 6.45) is 0.0710. The van der Waals surface area contributed by atoms with Crippen LogP contribution in [0.25, 0.3) is 0 Å². The molecule has 3 rings (SSSR count). The van der Waals surface area contributed by atoms with Crippen LogP contribution in [-0.4, -0.2) is 32.3 Å². The predicted octanol–water partition coefficient (Wildman–Crippen LogP) is 4.00. The molecular formula is C21H22ClN5O2S. The van der Waals surface area contributed by atoms with Gasteiger partial charge in [-0.1, -0.05) is 29.4 Å². The van der Waals surface area contributed by atoms with Crippen molar-refractivity contribution in [3.63, 3.8) is 0 Å². The highest BCUT2D eigenvalue weighted by atomic mass is 35.5. The van der Waals surface area contributed by atoms with E-state index in [1.54, 1.807) is 35.9 Å². The van der Waals surface area contributed by atoms with Crippen LogP contribution in [0, 0.1) is 13.8 Å². The van der Waals surface area contributed by atoms with Crippen molar-refractivity contribution in [1.82, 2.24) is 14.8 Å². The molecule has 1 aromatic heterocycles. The van der Waals surface area contributed by atoms with E-state index in [1.807, 2.05) is 32.0 Å². The smallest absolute Gasteiger partial charge is 0.234 e. The molecular weight excluding hydrogens is 422 g/mol. The Morgan fingerprint density at radius 1 is 0.967 bits per heavy atom. The van der Waals surface area contributed by atoms with Gasteiger partial charge in [-0.3, -0.25) is 9.59 Å². The first-order chi connectivity index (χ1) is 14.3. The molecule has 0 fully saturated rings. The minimum Gasteiger partial charge on any atom is -0.326 e. The molecule has 156 valence electrons. The number of anilines is 2. The number of nitrogens with zero attached hydrogens (tertiary/aromatic N) is 3. The van der Waals surface area contributed by atoms with Crippen LogP contribution in [-0.2, 0) is 23.1 Å². The van der Waals surface area contributed by atoms with Gasteiger partial charge in [-0.25, -0.2) is 0 Å². The summed E-state index contributed by atoms with van der Waals surface area (Å²) in [5.41, 5.74) is 3.72. The van der Waals surface area contributed by atoms with Gasteiger partial charge in [0.15, 0.2) is 5.16 Å². The van der Waals surface area contributed by atoms with Crippen molar-refractivity contribution in [2.75, 3.05) is 16.4 Å². The van der Waals surface area contributed by atoms with Crippen LogP contribution in [0.3, 0.4) is 0 Å². The van der Waals surface area contributed by atoms with E-state index in [9.17, 15) is 9.59 Å². The summed E-state index contributed by atoms with van der Waals surface area (Å²) >= 11 is 7.11. The van der Waals surface area contributed by atoms with Gasteiger partial charge in [0.1, 0.15) is 5.82 Å². The Morgan fingerprint density at radius 3 is 2.33 bits per heavy atom. The predicted molar refractivity (Wildman–Crippen MR) is 120 cm³/mol. The molecule has 2 aromatic carbocycles. The summed E-state index contributed by atoms with van der Waals surface area (Å²) in [5, 5.41) is 15.0. The lowest BCUT2D eigenvalue weighted by molar-refractivity contribution is -0.116. The lowest BCUT2D eigenvalue weighted by Crippen LogP contribution is -2.17. The standard InChI is InChI=1S/C21H22ClN5O2S/c1-13-4-7-17(10-14(13)2)24-20(29)12-30-21-26-25-18(27(21)3)11-19(28)23-16-8-5-15(22)6-9-16/h4-10H,11-12H2,1-3H3,(H,23,28)(H,24,29). The van der Waals surface area contributed by atoms with E-state index in [1.165, 1.54) is 17.3 Å². The zero-order valence-electron chi connectivity index (χ0n) is 16.9. The monoisotopic (exact) mass is 443 g/mol. The van der Waals surface area contributed by atoms with Gasteiger partial charge in [-0.05, 0) is 61.4 Å². The van der Waals surface area contributed by atoms with E-state index in [2.05, 4.69) is 20.8 Å². The number of aromatic nitrogens is 3. The second-order valence-corrected chi connectivity index (χ2v) is 8.20. The summed E-state index contributed by atoms with van der Waals surface area (Å²) in [6.45, 7) is 4.03. The Labute approximate surface area is 184 Å². The van der Waals surface area contributed by atoms with Crippen molar-refractivity contribution in [1.29, 1.82) is 0 Å². The molecule has 0 saturated heterocycles. The zero-order chi connectivity index (χ0) is 21.7. The Hall–Kier alpha value is -2.84. The molecule has 0 unspecified atom stereocenters. The SMILES string of the molecule is Cc1ccc(NC(=O)CSc2nnc(CC(=O)Nc3ccc(Cl)cc3)n2C)cc1C. The number of hydrogen-bond donors (Lipinski definition) is 2. The number of hydrogen-bond acceptors (Lipinski definition) is 5. The average molecular weight is 444 g/mol.